The molecule has 0 atom stereocenters. The van der Waals surface area contributed by atoms with Gasteiger partial charge in [-0.05, 0) is 21.2 Å². The standard InChI is InChI=1S/C18H31Si/c1-16(2,3)19(17(4,5)6,18(7,8)9)15-13-11-10-12-14-15/h10-11,13-14H,1-9H3. The molecule has 0 saturated carbocycles. The molecule has 0 unspecified atom stereocenters. The van der Waals surface area contributed by atoms with Gasteiger partial charge in [-0.2, -0.15) is 0 Å². The van der Waals surface area contributed by atoms with Crippen molar-refractivity contribution in [1.82, 2.24) is 0 Å². The van der Waals surface area contributed by atoms with E-state index in [1.165, 1.54) is 0 Å². The minimum atomic E-state index is -1.81. The second-order valence-corrected chi connectivity index (χ2v) is 15.4. The average Bonchev–Trinajstić information content (AvgIpc) is 2.12. The van der Waals surface area contributed by atoms with Crippen LogP contribution in [-0.4, -0.2) is 8.07 Å². The zero-order valence-corrected chi connectivity index (χ0v) is 15.3. The third kappa shape index (κ3) is 2.54. The van der Waals surface area contributed by atoms with Gasteiger partial charge in [0.05, 0.1) is 0 Å². The van der Waals surface area contributed by atoms with Gasteiger partial charge in [0.25, 0.3) is 0 Å². The van der Waals surface area contributed by atoms with E-state index < -0.39 is 8.07 Å². The molecule has 0 nitrogen and oxygen atoms in total. The van der Waals surface area contributed by atoms with Crippen molar-refractivity contribution >= 4 is 13.3 Å². The van der Waals surface area contributed by atoms with E-state index in [-0.39, 0.29) is 0 Å². The van der Waals surface area contributed by atoms with Crippen molar-refractivity contribution in [3.8, 4) is 0 Å². The van der Waals surface area contributed by atoms with Gasteiger partial charge in [0.2, 0.25) is 0 Å². The molecule has 19 heavy (non-hydrogen) atoms. The molecular formula is C18H31Si. The van der Waals surface area contributed by atoms with Crippen LogP contribution in [0.15, 0.2) is 24.3 Å². The minimum Gasteiger partial charge on any atom is -0.0629 e. The van der Waals surface area contributed by atoms with Gasteiger partial charge >= 0.3 is 0 Å². The highest BCUT2D eigenvalue weighted by atomic mass is 28.3. The number of hydrogen-bond donors (Lipinski definition) is 0. The first-order valence-corrected chi connectivity index (χ1v) is 9.32. The summed E-state index contributed by atoms with van der Waals surface area (Å²) in [6.07, 6.45) is 0. The predicted molar refractivity (Wildman–Crippen MR) is 89.8 cm³/mol. The zero-order valence-electron chi connectivity index (χ0n) is 14.3. The third-order valence-electron chi connectivity index (χ3n) is 4.52. The molecule has 0 aliphatic rings. The predicted octanol–water partition coefficient (Wildman–Crippen LogP) is 5.54. The van der Waals surface area contributed by atoms with Gasteiger partial charge in [-0.25, -0.2) is 0 Å². The Bertz CT molecular complexity index is 374. The van der Waals surface area contributed by atoms with Crippen molar-refractivity contribution in [2.75, 3.05) is 0 Å². The summed E-state index contributed by atoms with van der Waals surface area (Å²) in [5.41, 5.74) is 0. The molecule has 1 aromatic carbocycles. The maximum atomic E-state index is 3.32. The Morgan fingerprint density at radius 2 is 1.21 bits per heavy atom. The van der Waals surface area contributed by atoms with Crippen LogP contribution in [0.25, 0.3) is 0 Å². The van der Waals surface area contributed by atoms with Crippen LogP contribution in [0.4, 0.5) is 0 Å². The van der Waals surface area contributed by atoms with E-state index in [1.807, 2.05) is 6.07 Å². The van der Waals surface area contributed by atoms with Crippen molar-refractivity contribution in [1.29, 1.82) is 0 Å². The van der Waals surface area contributed by atoms with E-state index in [0.29, 0.717) is 15.1 Å². The van der Waals surface area contributed by atoms with Gasteiger partial charge in [-0.15, -0.1) is 0 Å². The number of benzene rings is 1. The van der Waals surface area contributed by atoms with Crippen LogP contribution in [-0.2, 0) is 0 Å². The fourth-order valence-corrected chi connectivity index (χ4v) is 15.3. The topological polar surface area (TPSA) is 0 Å². The van der Waals surface area contributed by atoms with Crippen LogP contribution in [0.1, 0.15) is 62.3 Å². The van der Waals surface area contributed by atoms with E-state index in [9.17, 15) is 0 Å². The molecule has 0 aromatic heterocycles. The molecular weight excluding hydrogens is 244 g/mol. The monoisotopic (exact) mass is 275 g/mol. The van der Waals surface area contributed by atoms with Gasteiger partial charge in [0, 0.05) is 0 Å². The zero-order chi connectivity index (χ0) is 15.1. The molecule has 0 saturated heterocycles. The summed E-state index contributed by atoms with van der Waals surface area (Å²) in [5, 5.41) is 2.46. The molecule has 0 aliphatic heterocycles. The third-order valence-corrected chi connectivity index (χ3v) is 12.4. The molecule has 1 heteroatoms. The minimum absolute atomic E-state index is 0.304. The molecule has 0 aliphatic carbocycles. The first-order chi connectivity index (χ1) is 8.36. The van der Waals surface area contributed by atoms with Crippen molar-refractivity contribution in [2.45, 2.75) is 77.4 Å². The van der Waals surface area contributed by atoms with Crippen LogP contribution in [0.5, 0.6) is 0 Å². The van der Waals surface area contributed by atoms with Gasteiger partial charge in [0.1, 0.15) is 8.07 Å². The molecule has 1 aromatic rings. The van der Waals surface area contributed by atoms with Gasteiger partial charge < -0.3 is 0 Å². The maximum Gasteiger partial charge on any atom is 0.103 e. The molecule has 0 spiro atoms. The molecule has 0 heterocycles. The second-order valence-electron chi connectivity index (χ2n) is 8.79. The summed E-state index contributed by atoms with van der Waals surface area (Å²) in [6, 6.07) is 12.1. The van der Waals surface area contributed by atoms with Crippen LogP contribution < -0.4 is 5.19 Å². The lowest BCUT2D eigenvalue weighted by atomic mass is 10.2. The molecule has 1 rings (SSSR count). The van der Waals surface area contributed by atoms with Gasteiger partial charge in [0.15, 0.2) is 0 Å². The lowest BCUT2D eigenvalue weighted by Gasteiger charge is -2.59. The highest BCUT2D eigenvalue weighted by Gasteiger charge is 2.60. The van der Waals surface area contributed by atoms with E-state index in [4.69, 9.17) is 0 Å². The Hall–Kier alpha value is -0.563. The molecule has 0 amide bonds. The lowest BCUT2D eigenvalue weighted by Crippen LogP contribution is -2.66. The first kappa shape index (κ1) is 16.5. The highest BCUT2D eigenvalue weighted by molar-refractivity contribution is 6.98. The van der Waals surface area contributed by atoms with E-state index in [2.05, 4.69) is 86.6 Å². The van der Waals surface area contributed by atoms with Gasteiger partial charge in [-0.3, -0.25) is 0 Å². The van der Waals surface area contributed by atoms with Crippen molar-refractivity contribution in [3.63, 3.8) is 0 Å². The Kier molecular flexibility index (Phi) is 4.14. The van der Waals surface area contributed by atoms with Crippen LogP contribution in [0, 0.1) is 6.07 Å². The van der Waals surface area contributed by atoms with Crippen molar-refractivity contribution in [3.05, 3.63) is 30.3 Å². The molecule has 0 fully saturated rings. The van der Waals surface area contributed by atoms with Gasteiger partial charge in [-0.1, -0.05) is 91.8 Å². The Labute approximate surface area is 121 Å². The summed E-state index contributed by atoms with van der Waals surface area (Å²) >= 11 is 0. The molecule has 107 valence electrons. The molecule has 1 radical (unpaired) electrons. The summed E-state index contributed by atoms with van der Waals surface area (Å²) in [5.74, 6) is 0. The summed E-state index contributed by atoms with van der Waals surface area (Å²) in [6.45, 7) is 21.9. The summed E-state index contributed by atoms with van der Waals surface area (Å²) in [4.78, 5) is 0. The van der Waals surface area contributed by atoms with Crippen LogP contribution in [0.3, 0.4) is 0 Å². The molecule has 0 bridgehead atoms. The van der Waals surface area contributed by atoms with Crippen LogP contribution in [0.2, 0.25) is 15.1 Å². The van der Waals surface area contributed by atoms with Crippen molar-refractivity contribution in [2.24, 2.45) is 0 Å². The fourth-order valence-electron chi connectivity index (χ4n) is 5.30. The number of hydrogen-bond acceptors (Lipinski definition) is 0. The largest absolute Gasteiger partial charge is 0.103 e. The average molecular weight is 276 g/mol. The Morgan fingerprint density at radius 3 is 1.47 bits per heavy atom. The molecule has 0 N–H and O–H groups in total. The SMILES string of the molecule is CC(C)(C)[Si](c1c[c]ccc1)(C(C)(C)C)C(C)(C)C. The van der Waals surface area contributed by atoms with E-state index >= 15 is 0 Å². The normalized spacial score (nSPS) is 14.6. The number of rotatable bonds is 1. The fraction of sp³-hybridized carbons (Fsp3) is 0.667. The smallest absolute Gasteiger partial charge is 0.0629 e. The highest BCUT2D eigenvalue weighted by Crippen LogP contribution is 2.61. The summed E-state index contributed by atoms with van der Waals surface area (Å²) in [7, 11) is -1.81. The lowest BCUT2D eigenvalue weighted by molar-refractivity contribution is 0.547. The maximum absolute atomic E-state index is 3.32. The van der Waals surface area contributed by atoms with Crippen LogP contribution >= 0.6 is 0 Å². The Morgan fingerprint density at radius 1 is 0.789 bits per heavy atom. The second kappa shape index (κ2) is 4.77. The van der Waals surface area contributed by atoms with E-state index in [1.54, 1.807) is 5.19 Å². The quantitative estimate of drug-likeness (QED) is 0.590. The first-order valence-electron chi connectivity index (χ1n) is 7.32. The Balaban J connectivity index is 3.76. The summed E-state index contributed by atoms with van der Waals surface area (Å²) < 4.78 is 0. The van der Waals surface area contributed by atoms with E-state index in [0.717, 1.165) is 0 Å². The van der Waals surface area contributed by atoms with Crippen molar-refractivity contribution < 1.29 is 0 Å².